The Hall–Kier alpha value is -3.74. The highest BCUT2D eigenvalue weighted by Gasteiger charge is 2.22. The Labute approximate surface area is 155 Å². The largest absolute Gasteiger partial charge is 0.336 e. The number of pyridine rings is 2. The standard InChI is InChI=1S/C20H16N6O/c27-20-22-7-8-26(20)14-4-5-15-16(17-3-1-2-6-21-17)10-18(25-19(15)9-14)13-11-23-24-12-13/h1-6,9-12H,7-8H2,(H,22,27)(H,23,24). The van der Waals surface area contributed by atoms with Crippen molar-refractivity contribution in [3.05, 3.63) is 61.1 Å². The lowest BCUT2D eigenvalue weighted by Gasteiger charge is -2.16. The van der Waals surface area contributed by atoms with Crippen LogP contribution in [-0.4, -0.2) is 39.3 Å². The van der Waals surface area contributed by atoms with Crippen LogP contribution in [0.15, 0.2) is 61.1 Å². The van der Waals surface area contributed by atoms with Crippen LogP contribution in [-0.2, 0) is 0 Å². The molecular formula is C20H16N6O. The first-order valence-electron chi connectivity index (χ1n) is 8.70. The van der Waals surface area contributed by atoms with Crippen molar-refractivity contribution < 1.29 is 4.79 Å². The van der Waals surface area contributed by atoms with E-state index >= 15 is 0 Å². The van der Waals surface area contributed by atoms with E-state index in [4.69, 9.17) is 4.98 Å². The van der Waals surface area contributed by atoms with Crippen molar-refractivity contribution in [2.24, 2.45) is 0 Å². The van der Waals surface area contributed by atoms with E-state index in [1.807, 2.05) is 48.7 Å². The van der Waals surface area contributed by atoms with Gasteiger partial charge in [-0.25, -0.2) is 9.78 Å². The molecule has 7 heteroatoms. The van der Waals surface area contributed by atoms with E-state index in [1.54, 1.807) is 17.3 Å². The molecule has 2 amide bonds. The van der Waals surface area contributed by atoms with Crippen LogP contribution in [0.5, 0.6) is 0 Å². The van der Waals surface area contributed by atoms with Gasteiger partial charge in [-0.3, -0.25) is 15.0 Å². The summed E-state index contributed by atoms with van der Waals surface area (Å²) in [5, 5.41) is 10.7. The van der Waals surface area contributed by atoms with E-state index in [2.05, 4.69) is 20.5 Å². The van der Waals surface area contributed by atoms with Crippen LogP contribution in [0.25, 0.3) is 33.4 Å². The fourth-order valence-corrected chi connectivity index (χ4v) is 3.38. The minimum absolute atomic E-state index is 0.0784. The molecule has 1 fully saturated rings. The van der Waals surface area contributed by atoms with E-state index in [0.717, 1.165) is 39.1 Å². The summed E-state index contributed by atoms with van der Waals surface area (Å²) in [4.78, 5) is 23.1. The summed E-state index contributed by atoms with van der Waals surface area (Å²) in [7, 11) is 0. The summed E-state index contributed by atoms with van der Waals surface area (Å²) in [6.07, 6.45) is 5.34. The number of nitrogens with zero attached hydrogens (tertiary/aromatic N) is 4. The van der Waals surface area contributed by atoms with Crippen molar-refractivity contribution in [2.45, 2.75) is 0 Å². The average Bonchev–Trinajstić information content (AvgIpc) is 3.39. The van der Waals surface area contributed by atoms with Gasteiger partial charge in [-0.05, 0) is 30.3 Å². The molecule has 1 saturated heterocycles. The van der Waals surface area contributed by atoms with E-state index in [-0.39, 0.29) is 6.03 Å². The maximum atomic E-state index is 12.0. The first kappa shape index (κ1) is 15.5. The molecule has 0 spiro atoms. The van der Waals surface area contributed by atoms with Crippen LogP contribution in [0.2, 0.25) is 0 Å². The number of nitrogens with one attached hydrogen (secondary N) is 2. The Morgan fingerprint density at radius 1 is 1.07 bits per heavy atom. The van der Waals surface area contributed by atoms with Crippen molar-refractivity contribution >= 4 is 22.6 Å². The van der Waals surface area contributed by atoms with E-state index < -0.39 is 0 Å². The summed E-state index contributed by atoms with van der Waals surface area (Å²) < 4.78 is 0. The maximum Gasteiger partial charge on any atom is 0.321 e. The summed E-state index contributed by atoms with van der Waals surface area (Å²) in [6.45, 7) is 1.30. The Morgan fingerprint density at radius 3 is 2.78 bits per heavy atom. The minimum atomic E-state index is -0.0784. The van der Waals surface area contributed by atoms with Crippen molar-refractivity contribution in [3.8, 4) is 22.5 Å². The smallest absolute Gasteiger partial charge is 0.321 e. The van der Waals surface area contributed by atoms with Crippen molar-refractivity contribution in [1.29, 1.82) is 0 Å². The fraction of sp³-hybridized carbons (Fsp3) is 0.100. The number of carbonyl (C=O) groups excluding carboxylic acids is 1. The van der Waals surface area contributed by atoms with Gasteiger partial charge in [0.15, 0.2) is 0 Å². The van der Waals surface area contributed by atoms with Crippen LogP contribution in [0, 0.1) is 0 Å². The number of benzene rings is 1. The number of aromatic amines is 1. The summed E-state index contributed by atoms with van der Waals surface area (Å²) in [6, 6.07) is 13.7. The van der Waals surface area contributed by atoms with Gasteiger partial charge in [-0.1, -0.05) is 12.1 Å². The summed E-state index contributed by atoms with van der Waals surface area (Å²) >= 11 is 0. The van der Waals surface area contributed by atoms with Gasteiger partial charge in [-0.15, -0.1) is 0 Å². The molecular weight excluding hydrogens is 340 g/mol. The van der Waals surface area contributed by atoms with Gasteiger partial charge in [0.05, 0.1) is 23.1 Å². The number of urea groups is 1. The SMILES string of the molecule is O=C1NCCN1c1ccc2c(-c3ccccn3)cc(-c3cn[nH]c3)nc2c1. The molecule has 0 radical (unpaired) electrons. The van der Waals surface area contributed by atoms with E-state index in [9.17, 15) is 4.79 Å². The number of rotatable bonds is 3. The highest BCUT2D eigenvalue weighted by molar-refractivity contribution is 6.00. The highest BCUT2D eigenvalue weighted by atomic mass is 16.2. The molecule has 4 heterocycles. The van der Waals surface area contributed by atoms with Crippen LogP contribution in [0.4, 0.5) is 10.5 Å². The predicted octanol–water partition coefficient (Wildman–Crippen LogP) is 3.22. The Kier molecular flexibility index (Phi) is 3.57. The van der Waals surface area contributed by atoms with Crippen molar-refractivity contribution in [2.75, 3.05) is 18.0 Å². The molecule has 4 aromatic rings. The van der Waals surface area contributed by atoms with E-state index in [1.165, 1.54) is 0 Å². The zero-order chi connectivity index (χ0) is 18.2. The molecule has 0 unspecified atom stereocenters. The molecule has 0 bridgehead atoms. The molecule has 5 rings (SSSR count). The second-order valence-electron chi connectivity index (χ2n) is 6.34. The molecule has 2 N–H and O–H groups in total. The third kappa shape index (κ3) is 2.69. The molecule has 1 aliphatic rings. The lowest BCUT2D eigenvalue weighted by atomic mass is 10.0. The summed E-state index contributed by atoms with van der Waals surface area (Å²) in [5.74, 6) is 0. The number of aromatic nitrogens is 4. The molecule has 1 aliphatic heterocycles. The average molecular weight is 356 g/mol. The Balaban J connectivity index is 1.73. The second kappa shape index (κ2) is 6.21. The summed E-state index contributed by atoms with van der Waals surface area (Å²) in [5.41, 5.74) is 5.22. The molecule has 3 aromatic heterocycles. The van der Waals surface area contributed by atoms with Gasteiger partial charge in [0.1, 0.15) is 0 Å². The third-order valence-corrected chi connectivity index (χ3v) is 4.70. The Morgan fingerprint density at radius 2 is 2.04 bits per heavy atom. The van der Waals surface area contributed by atoms with Crippen LogP contribution in [0.1, 0.15) is 0 Å². The lowest BCUT2D eigenvalue weighted by molar-refractivity contribution is 0.252. The monoisotopic (exact) mass is 356 g/mol. The highest BCUT2D eigenvalue weighted by Crippen LogP contribution is 2.33. The lowest BCUT2D eigenvalue weighted by Crippen LogP contribution is -2.27. The van der Waals surface area contributed by atoms with Crippen molar-refractivity contribution in [1.82, 2.24) is 25.5 Å². The topological polar surface area (TPSA) is 86.8 Å². The molecule has 132 valence electrons. The molecule has 1 aromatic carbocycles. The number of hydrogen-bond acceptors (Lipinski definition) is 4. The van der Waals surface area contributed by atoms with Gasteiger partial charge < -0.3 is 5.32 Å². The number of amides is 2. The number of hydrogen-bond donors (Lipinski definition) is 2. The predicted molar refractivity (Wildman–Crippen MR) is 103 cm³/mol. The number of fused-ring (bicyclic) bond motifs is 1. The molecule has 7 nitrogen and oxygen atoms in total. The number of anilines is 1. The van der Waals surface area contributed by atoms with Crippen LogP contribution < -0.4 is 10.2 Å². The zero-order valence-electron chi connectivity index (χ0n) is 14.4. The first-order valence-corrected chi connectivity index (χ1v) is 8.70. The minimum Gasteiger partial charge on any atom is -0.336 e. The van der Waals surface area contributed by atoms with Crippen LogP contribution in [0.3, 0.4) is 0 Å². The maximum absolute atomic E-state index is 12.0. The van der Waals surface area contributed by atoms with Gasteiger partial charge in [0.2, 0.25) is 0 Å². The molecule has 0 atom stereocenters. The normalized spacial score (nSPS) is 13.9. The molecule has 27 heavy (non-hydrogen) atoms. The third-order valence-electron chi connectivity index (χ3n) is 4.70. The first-order chi connectivity index (χ1) is 13.3. The Bertz CT molecular complexity index is 1120. The zero-order valence-corrected chi connectivity index (χ0v) is 14.4. The quantitative estimate of drug-likeness (QED) is 0.590. The number of H-pyrrole nitrogens is 1. The fourth-order valence-electron chi connectivity index (χ4n) is 3.38. The number of carbonyl (C=O) groups is 1. The van der Waals surface area contributed by atoms with Gasteiger partial charge in [0, 0.05) is 47.7 Å². The van der Waals surface area contributed by atoms with Crippen LogP contribution >= 0.6 is 0 Å². The van der Waals surface area contributed by atoms with Gasteiger partial charge in [0.25, 0.3) is 0 Å². The van der Waals surface area contributed by atoms with Gasteiger partial charge >= 0.3 is 6.03 Å². The molecule has 0 saturated carbocycles. The molecule has 0 aliphatic carbocycles. The van der Waals surface area contributed by atoms with E-state index in [0.29, 0.717) is 13.1 Å². The van der Waals surface area contributed by atoms with Crippen molar-refractivity contribution in [3.63, 3.8) is 0 Å². The second-order valence-corrected chi connectivity index (χ2v) is 6.34. The van der Waals surface area contributed by atoms with Gasteiger partial charge in [-0.2, -0.15) is 5.10 Å².